The summed E-state index contributed by atoms with van der Waals surface area (Å²) in [4.78, 5) is 0. The molecule has 0 atom stereocenters. The molecular formula is C2H3BF3K. The molecule has 0 amide bonds. The topological polar surface area (TPSA) is 0 Å². The van der Waals surface area contributed by atoms with E-state index in [1.807, 2.05) is 0 Å². The molecule has 7 heavy (non-hydrogen) atoms. The van der Waals surface area contributed by atoms with Crippen LogP contribution in [0.25, 0.3) is 0 Å². The van der Waals surface area contributed by atoms with E-state index in [2.05, 4.69) is 13.2 Å². The maximum atomic E-state index is 9.67. The van der Waals surface area contributed by atoms with Crippen molar-refractivity contribution in [3.05, 3.63) is 13.2 Å². The van der Waals surface area contributed by atoms with Crippen LogP contribution in [-0.2, 0) is 0 Å². The van der Waals surface area contributed by atoms with Crippen molar-refractivity contribution in [2.45, 2.75) is 0 Å². The van der Waals surface area contributed by atoms with E-state index in [-0.39, 0.29) is 51.4 Å². The number of hydrogen-bond donors (Lipinski definition) is 0. The van der Waals surface area contributed by atoms with Crippen LogP contribution in [0, 0.1) is 6.58 Å². The van der Waals surface area contributed by atoms with E-state index in [0.29, 0.717) is 0 Å². The van der Waals surface area contributed by atoms with E-state index in [1.165, 1.54) is 0 Å². The van der Waals surface area contributed by atoms with Gasteiger partial charge in [-0.1, -0.05) is 0 Å². The molecule has 0 saturated carbocycles. The summed E-state index contributed by atoms with van der Waals surface area (Å²) in [6.45, 7) is 7.00. The molecular weight excluding hydrogens is 131 g/mol. The molecule has 0 N–H and O–H groups in total. The molecule has 0 nitrogen and oxygen atoms in total. The first-order valence-corrected chi connectivity index (χ1v) is 1.06. The van der Waals surface area contributed by atoms with Gasteiger partial charge in [-0.05, 0) is 0 Å². The largest absolute Gasteiger partial charge is 1.00 e. The minimum absolute atomic E-state index is 0. The van der Waals surface area contributed by atoms with E-state index in [0.717, 1.165) is 0 Å². The van der Waals surface area contributed by atoms with Crippen LogP contribution in [0.5, 0.6) is 0 Å². The van der Waals surface area contributed by atoms with Gasteiger partial charge in [-0.2, -0.15) is 0 Å². The molecule has 0 radical (unpaired) electrons. The minimum atomic E-state index is -3.67. The van der Waals surface area contributed by atoms with Gasteiger partial charge in [-0.3, -0.25) is 19.5 Å². The summed E-state index contributed by atoms with van der Waals surface area (Å²) in [6, 6.07) is 0. The minimum Gasteiger partial charge on any atom is -0.521 e. The molecule has 5 heteroatoms. The van der Waals surface area contributed by atoms with Gasteiger partial charge in [0.15, 0.2) is 0 Å². The molecule has 0 heterocycles. The second kappa shape index (κ2) is 15.7. The summed E-state index contributed by atoms with van der Waals surface area (Å²) < 4.78 is 29.0. The molecule has 0 unspecified atom stereocenters. The smallest absolute Gasteiger partial charge is 0.521 e. The van der Waals surface area contributed by atoms with Crippen LogP contribution in [0.2, 0.25) is 0 Å². The first-order valence-electron chi connectivity index (χ1n) is 1.06. The molecule has 0 aromatic rings. The van der Waals surface area contributed by atoms with Crippen LogP contribution in [0.3, 0.4) is 0 Å². The van der Waals surface area contributed by atoms with E-state index in [1.54, 1.807) is 0 Å². The van der Waals surface area contributed by atoms with Crippen molar-refractivity contribution in [3.8, 4) is 0 Å². The summed E-state index contributed by atoms with van der Waals surface area (Å²) in [6.07, 6.45) is 0. The Labute approximate surface area is 83.8 Å². The molecule has 0 spiro atoms. The van der Waals surface area contributed by atoms with Gasteiger partial charge in [-0.15, -0.1) is 0 Å². The van der Waals surface area contributed by atoms with Crippen molar-refractivity contribution in [1.82, 2.24) is 0 Å². The fourth-order valence-corrected chi connectivity index (χ4v) is 0. The number of hydrogen-bond acceptors (Lipinski definition) is 0. The van der Waals surface area contributed by atoms with Crippen molar-refractivity contribution in [1.29, 1.82) is 0 Å². The molecule has 36 valence electrons. The van der Waals surface area contributed by atoms with Gasteiger partial charge >= 0.3 is 58.9 Å². The molecule has 0 aliphatic rings. The van der Waals surface area contributed by atoms with Crippen LogP contribution in [0.15, 0.2) is 6.58 Å². The standard InChI is InChI=1S/C2H3.BF3.K/c1-2;2-1(3)4;/h1H,2H2;;/q-1;;+1. The summed E-state index contributed by atoms with van der Waals surface area (Å²) in [5.41, 5.74) is 0. The Bertz CT molecular complexity index is 24.1. The molecule has 0 bridgehead atoms. The van der Waals surface area contributed by atoms with Gasteiger partial charge in [0.1, 0.15) is 0 Å². The van der Waals surface area contributed by atoms with Gasteiger partial charge < -0.3 is 6.58 Å². The SMILES string of the molecule is FB(F)F.[CH-]=C.[K+]. The van der Waals surface area contributed by atoms with Gasteiger partial charge in [-0.25, -0.2) is 0 Å². The van der Waals surface area contributed by atoms with Crippen LogP contribution >= 0.6 is 0 Å². The van der Waals surface area contributed by atoms with Crippen molar-refractivity contribution in [2.24, 2.45) is 0 Å². The predicted molar refractivity (Wildman–Crippen MR) is 19.0 cm³/mol. The average Bonchev–Trinajstić information content (AvgIpc) is 1.41. The van der Waals surface area contributed by atoms with Crippen LogP contribution < -0.4 is 51.4 Å². The summed E-state index contributed by atoms with van der Waals surface area (Å²) >= 11 is 0. The summed E-state index contributed by atoms with van der Waals surface area (Å²) in [5, 5.41) is 0. The van der Waals surface area contributed by atoms with Gasteiger partial charge in [0.05, 0.1) is 0 Å². The second-order valence-corrected chi connectivity index (χ2v) is 0.247. The monoisotopic (exact) mass is 134 g/mol. The number of halogens is 3. The Balaban J connectivity index is -0.0000000480. The zero-order valence-electron chi connectivity index (χ0n) is 4.00. The van der Waals surface area contributed by atoms with Gasteiger partial charge in [0.25, 0.3) is 0 Å². The van der Waals surface area contributed by atoms with Crippen LogP contribution in [0.4, 0.5) is 12.9 Å². The van der Waals surface area contributed by atoms with Crippen molar-refractivity contribution >= 4 is 7.54 Å². The Kier molecular flexibility index (Phi) is 35.2. The maximum Gasteiger partial charge on any atom is 1.00 e. The Morgan fingerprint density at radius 2 is 1.14 bits per heavy atom. The molecule has 0 rings (SSSR count). The van der Waals surface area contributed by atoms with Crippen molar-refractivity contribution in [2.75, 3.05) is 0 Å². The zero-order chi connectivity index (χ0) is 5.58. The van der Waals surface area contributed by atoms with E-state index >= 15 is 0 Å². The molecule has 0 aromatic heterocycles. The Hall–Kier alpha value is 1.23. The van der Waals surface area contributed by atoms with Gasteiger partial charge in [0.2, 0.25) is 0 Å². The Morgan fingerprint density at radius 3 is 1.14 bits per heavy atom. The van der Waals surface area contributed by atoms with Crippen molar-refractivity contribution < 1.29 is 64.3 Å². The quantitative estimate of drug-likeness (QED) is 0.279. The van der Waals surface area contributed by atoms with E-state index in [9.17, 15) is 12.9 Å². The van der Waals surface area contributed by atoms with Crippen molar-refractivity contribution in [3.63, 3.8) is 0 Å². The summed E-state index contributed by atoms with van der Waals surface area (Å²) in [5.74, 6) is 0. The summed E-state index contributed by atoms with van der Waals surface area (Å²) in [7, 11) is -3.67. The van der Waals surface area contributed by atoms with Crippen LogP contribution in [-0.4, -0.2) is 7.54 Å². The Morgan fingerprint density at radius 1 is 1.14 bits per heavy atom. The average molecular weight is 134 g/mol. The predicted octanol–water partition coefficient (Wildman–Crippen LogP) is -1.51. The van der Waals surface area contributed by atoms with Crippen LogP contribution in [0.1, 0.15) is 0 Å². The maximum absolute atomic E-state index is 9.67. The first-order chi connectivity index (χ1) is 2.73. The zero-order valence-corrected chi connectivity index (χ0v) is 7.12. The normalized spacial score (nSPS) is 4.43. The van der Waals surface area contributed by atoms with Gasteiger partial charge in [0, 0.05) is 0 Å². The first kappa shape index (κ1) is 15.7. The van der Waals surface area contributed by atoms with E-state index < -0.39 is 7.54 Å². The third-order valence-corrected chi connectivity index (χ3v) is 0. The fourth-order valence-electron chi connectivity index (χ4n) is 0. The molecule has 0 aromatic carbocycles. The number of rotatable bonds is 0. The second-order valence-electron chi connectivity index (χ2n) is 0.247. The third-order valence-electron chi connectivity index (χ3n) is 0. The molecule has 0 aliphatic heterocycles. The fraction of sp³-hybridized carbons (Fsp3) is 0. The molecule has 0 aliphatic carbocycles. The third kappa shape index (κ3) is 131. The van der Waals surface area contributed by atoms with E-state index in [4.69, 9.17) is 0 Å². The molecule has 0 fully saturated rings. The molecule has 0 saturated heterocycles.